The Kier molecular flexibility index (Phi) is 5.05. The Hall–Kier alpha value is -0.930. The smallest absolute Gasteiger partial charge is 0.157 e. The van der Waals surface area contributed by atoms with Crippen molar-refractivity contribution in [2.75, 3.05) is 14.1 Å². The highest BCUT2D eigenvalue weighted by Gasteiger charge is 2.43. The van der Waals surface area contributed by atoms with Crippen LogP contribution < -0.4 is 0 Å². The van der Waals surface area contributed by atoms with Crippen LogP contribution in [-0.2, 0) is 11.2 Å². The third-order valence-electron chi connectivity index (χ3n) is 4.73. The zero-order valence-corrected chi connectivity index (χ0v) is 13.7. The van der Waals surface area contributed by atoms with Crippen molar-refractivity contribution in [1.82, 2.24) is 4.90 Å². The van der Waals surface area contributed by atoms with Gasteiger partial charge < -0.3 is 0 Å². The summed E-state index contributed by atoms with van der Waals surface area (Å²) in [5.74, 6) is 0.220. The lowest BCUT2D eigenvalue weighted by Crippen LogP contribution is -2.54. The van der Waals surface area contributed by atoms with E-state index in [1.165, 1.54) is 12.5 Å². The molecule has 0 spiro atoms. The van der Waals surface area contributed by atoms with Crippen molar-refractivity contribution in [2.24, 2.45) is 5.92 Å². The quantitative estimate of drug-likeness (QED) is 0.834. The molecule has 4 heteroatoms. The zero-order chi connectivity index (χ0) is 15.6. The van der Waals surface area contributed by atoms with Gasteiger partial charge in [0.2, 0.25) is 0 Å². The Morgan fingerprint density at radius 1 is 1.48 bits per heavy atom. The fourth-order valence-corrected chi connectivity index (χ4v) is 3.65. The van der Waals surface area contributed by atoms with Crippen molar-refractivity contribution < 1.29 is 9.18 Å². The van der Waals surface area contributed by atoms with Gasteiger partial charge in [0.15, 0.2) is 5.78 Å². The van der Waals surface area contributed by atoms with Crippen LogP contribution in [0.3, 0.4) is 0 Å². The first-order chi connectivity index (χ1) is 9.86. The van der Waals surface area contributed by atoms with E-state index < -0.39 is 11.4 Å². The van der Waals surface area contributed by atoms with Gasteiger partial charge in [0.05, 0.1) is 10.6 Å². The van der Waals surface area contributed by atoms with Crippen LogP contribution in [0.25, 0.3) is 0 Å². The van der Waals surface area contributed by atoms with Gasteiger partial charge in [-0.1, -0.05) is 43.5 Å². The number of rotatable bonds is 4. The highest BCUT2D eigenvalue weighted by Crippen LogP contribution is 2.37. The predicted octanol–water partition coefficient (Wildman–Crippen LogP) is 4.10. The third-order valence-corrected chi connectivity index (χ3v) is 5.15. The van der Waals surface area contributed by atoms with Crippen LogP contribution >= 0.6 is 11.6 Å². The summed E-state index contributed by atoms with van der Waals surface area (Å²) in [5.41, 5.74) is 0.147. The highest BCUT2D eigenvalue weighted by molar-refractivity contribution is 6.31. The largest absolute Gasteiger partial charge is 0.297 e. The summed E-state index contributed by atoms with van der Waals surface area (Å²) in [6.07, 6.45) is 4.16. The molecule has 2 unspecified atom stereocenters. The van der Waals surface area contributed by atoms with E-state index in [0.29, 0.717) is 11.5 Å². The Bertz CT molecular complexity index is 532. The summed E-state index contributed by atoms with van der Waals surface area (Å²) in [6, 6.07) is 4.66. The number of nitrogens with zero attached hydrogens (tertiary/aromatic N) is 1. The molecule has 1 aromatic carbocycles. The first-order valence-corrected chi connectivity index (χ1v) is 7.88. The molecule has 0 saturated heterocycles. The van der Waals surface area contributed by atoms with Crippen molar-refractivity contribution in [1.29, 1.82) is 0 Å². The standard InChI is InChI=1S/C17H23ClFNO/c1-12-6-5-9-17(11-12,20(2)3)15(21)10-13-7-4-8-14(19)16(13)18/h4,7-8,12H,5-6,9-11H2,1-3H3. The summed E-state index contributed by atoms with van der Waals surface area (Å²) in [7, 11) is 3.92. The van der Waals surface area contributed by atoms with E-state index in [1.54, 1.807) is 12.1 Å². The first kappa shape index (κ1) is 16.4. The normalized spacial score (nSPS) is 26.1. The molecule has 1 aliphatic rings. The number of Topliss-reactive ketones (excluding diaryl/α,β-unsaturated/α-hetero) is 1. The van der Waals surface area contributed by atoms with Crippen LogP contribution in [0.2, 0.25) is 5.02 Å². The number of hydrogen-bond donors (Lipinski definition) is 0. The molecule has 21 heavy (non-hydrogen) atoms. The molecule has 116 valence electrons. The van der Waals surface area contributed by atoms with Crippen LogP contribution in [0.4, 0.5) is 4.39 Å². The van der Waals surface area contributed by atoms with Crippen molar-refractivity contribution in [3.63, 3.8) is 0 Å². The van der Waals surface area contributed by atoms with Crippen molar-refractivity contribution in [3.8, 4) is 0 Å². The van der Waals surface area contributed by atoms with E-state index in [1.807, 2.05) is 19.0 Å². The lowest BCUT2D eigenvalue weighted by atomic mass is 9.72. The lowest BCUT2D eigenvalue weighted by Gasteiger charge is -2.44. The van der Waals surface area contributed by atoms with Crippen LogP contribution in [-0.4, -0.2) is 30.3 Å². The third kappa shape index (κ3) is 3.29. The van der Waals surface area contributed by atoms with E-state index in [2.05, 4.69) is 6.92 Å². The molecular formula is C17H23ClFNO. The second-order valence-electron chi connectivity index (χ2n) is 6.44. The molecule has 2 atom stereocenters. The van der Waals surface area contributed by atoms with Crippen LogP contribution in [0, 0.1) is 11.7 Å². The predicted molar refractivity (Wildman–Crippen MR) is 84.2 cm³/mol. The topological polar surface area (TPSA) is 20.3 Å². The molecule has 1 fully saturated rings. The average molecular weight is 312 g/mol. The SMILES string of the molecule is CC1CCCC(C(=O)Cc2cccc(F)c2Cl)(N(C)C)C1. The number of benzene rings is 1. The minimum atomic E-state index is -0.460. The molecule has 2 rings (SSSR count). The van der Waals surface area contributed by atoms with Gasteiger partial charge in [-0.05, 0) is 44.5 Å². The van der Waals surface area contributed by atoms with E-state index in [9.17, 15) is 9.18 Å². The van der Waals surface area contributed by atoms with E-state index >= 15 is 0 Å². The van der Waals surface area contributed by atoms with Gasteiger partial charge in [0.1, 0.15) is 5.82 Å². The van der Waals surface area contributed by atoms with Gasteiger partial charge in [-0.25, -0.2) is 4.39 Å². The van der Waals surface area contributed by atoms with Gasteiger partial charge in [-0.2, -0.15) is 0 Å². The molecule has 1 aliphatic carbocycles. The van der Waals surface area contributed by atoms with Crippen LogP contribution in [0.15, 0.2) is 18.2 Å². The molecule has 1 saturated carbocycles. The van der Waals surface area contributed by atoms with Crippen molar-refractivity contribution >= 4 is 17.4 Å². The van der Waals surface area contributed by atoms with Gasteiger partial charge in [-0.15, -0.1) is 0 Å². The van der Waals surface area contributed by atoms with Gasteiger partial charge in [0.25, 0.3) is 0 Å². The van der Waals surface area contributed by atoms with E-state index in [0.717, 1.165) is 19.3 Å². The zero-order valence-electron chi connectivity index (χ0n) is 13.0. The second-order valence-corrected chi connectivity index (χ2v) is 6.82. The summed E-state index contributed by atoms with van der Waals surface area (Å²) in [5, 5.41) is 0.0728. The van der Waals surface area contributed by atoms with Crippen LogP contribution in [0.5, 0.6) is 0 Å². The van der Waals surface area contributed by atoms with Crippen molar-refractivity contribution in [2.45, 2.75) is 44.6 Å². The maximum atomic E-state index is 13.5. The fourth-order valence-electron chi connectivity index (χ4n) is 3.45. The molecule has 0 aromatic heterocycles. The molecule has 0 bridgehead atoms. The Labute approximate surface area is 131 Å². The number of carbonyl (C=O) groups is 1. The molecule has 1 aromatic rings. The maximum Gasteiger partial charge on any atom is 0.157 e. The summed E-state index contributed by atoms with van der Waals surface area (Å²) >= 11 is 5.99. The van der Waals surface area contributed by atoms with Gasteiger partial charge >= 0.3 is 0 Å². The number of likely N-dealkylation sites (N-methyl/N-ethyl adjacent to an activating group) is 1. The Balaban J connectivity index is 2.25. The van der Waals surface area contributed by atoms with Gasteiger partial charge in [-0.3, -0.25) is 9.69 Å². The van der Waals surface area contributed by atoms with E-state index in [4.69, 9.17) is 11.6 Å². The second kappa shape index (κ2) is 6.45. The molecule has 0 radical (unpaired) electrons. The molecule has 0 N–H and O–H groups in total. The maximum absolute atomic E-state index is 13.5. The summed E-state index contributed by atoms with van der Waals surface area (Å²) in [4.78, 5) is 15.0. The molecule has 0 amide bonds. The summed E-state index contributed by atoms with van der Waals surface area (Å²) < 4.78 is 13.5. The number of hydrogen-bond acceptors (Lipinski definition) is 2. The molecule has 0 heterocycles. The monoisotopic (exact) mass is 311 g/mol. The number of ketones is 1. The number of halogens is 2. The first-order valence-electron chi connectivity index (χ1n) is 7.50. The number of carbonyl (C=O) groups excluding carboxylic acids is 1. The minimum Gasteiger partial charge on any atom is -0.297 e. The molecule has 0 aliphatic heterocycles. The Morgan fingerprint density at radius 3 is 2.81 bits per heavy atom. The minimum absolute atomic E-state index is 0.0728. The average Bonchev–Trinajstić information content (AvgIpc) is 2.43. The van der Waals surface area contributed by atoms with Crippen molar-refractivity contribution in [3.05, 3.63) is 34.6 Å². The molecule has 2 nitrogen and oxygen atoms in total. The molecular weight excluding hydrogens is 289 g/mol. The fraction of sp³-hybridized carbons (Fsp3) is 0.588. The Morgan fingerprint density at radius 2 is 2.19 bits per heavy atom. The van der Waals surface area contributed by atoms with Crippen LogP contribution in [0.1, 0.15) is 38.2 Å². The van der Waals surface area contributed by atoms with E-state index in [-0.39, 0.29) is 17.2 Å². The summed E-state index contributed by atoms with van der Waals surface area (Å²) in [6.45, 7) is 2.19. The lowest BCUT2D eigenvalue weighted by molar-refractivity contribution is -0.132. The van der Waals surface area contributed by atoms with Gasteiger partial charge in [0, 0.05) is 6.42 Å². The highest BCUT2D eigenvalue weighted by atomic mass is 35.5.